The molecule has 3 aromatic carbocycles. The van der Waals surface area contributed by atoms with Crippen molar-refractivity contribution in [3.63, 3.8) is 0 Å². The molecule has 1 N–H and O–H groups in total. The molecule has 1 aliphatic rings. The smallest absolute Gasteiger partial charge is 0.322 e. The molecule has 6 nitrogen and oxygen atoms in total. The van der Waals surface area contributed by atoms with Gasteiger partial charge in [0.1, 0.15) is 0 Å². The van der Waals surface area contributed by atoms with Gasteiger partial charge in [0.25, 0.3) is 5.89 Å². The van der Waals surface area contributed by atoms with Crippen molar-refractivity contribution in [1.82, 2.24) is 20.4 Å². The second kappa shape index (κ2) is 9.99. The van der Waals surface area contributed by atoms with Crippen LogP contribution in [0.15, 0.2) is 83.0 Å². The van der Waals surface area contributed by atoms with Crippen molar-refractivity contribution in [2.45, 2.75) is 33.2 Å². The molecule has 0 saturated heterocycles. The first-order valence-corrected chi connectivity index (χ1v) is 12.3. The summed E-state index contributed by atoms with van der Waals surface area (Å²) in [4.78, 5) is 19.8. The number of nitrogens with one attached hydrogen (secondary N) is 1. The number of halogens is 1. The van der Waals surface area contributed by atoms with E-state index in [1.54, 1.807) is 17.0 Å². The molecule has 5 rings (SSSR count). The highest BCUT2D eigenvalue weighted by Gasteiger charge is 2.35. The third kappa shape index (κ3) is 4.77. The molecule has 0 fully saturated rings. The number of amides is 2. The van der Waals surface area contributed by atoms with Gasteiger partial charge in [-0.25, -0.2) is 4.79 Å². The van der Waals surface area contributed by atoms with Crippen LogP contribution in [-0.4, -0.2) is 27.6 Å². The zero-order chi connectivity index (χ0) is 25.2. The number of aryl methyl sites for hydroxylation is 2. The molecule has 2 heterocycles. The van der Waals surface area contributed by atoms with E-state index in [0.717, 1.165) is 39.9 Å². The number of benzene rings is 3. The van der Waals surface area contributed by atoms with E-state index in [4.69, 9.17) is 21.1 Å². The second-order valence-corrected chi connectivity index (χ2v) is 9.48. The molecule has 1 atom stereocenters. The molecule has 0 saturated carbocycles. The van der Waals surface area contributed by atoms with Crippen LogP contribution >= 0.6 is 11.6 Å². The molecule has 1 aliphatic heterocycles. The molecule has 1 aromatic heterocycles. The zero-order valence-electron chi connectivity index (χ0n) is 20.5. The summed E-state index contributed by atoms with van der Waals surface area (Å²) >= 11 is 6.17. The Morgan fingerprint density at radius 1 is 0.972 bits per heavy atom. The van der Waals surface area contributed by atoms with Crippen molar-refractivity contribution in [3.05, 3.63) is 112 Å². The number of carbonyl (C=O) groups excluding carboxylic acids is 1. The van der Waals surface area contributed by atoms with E-state index in [1.807, 2.05) is 43.3 Å². The lowest BCUT2D eigenvalue weighted by Crippen LogP contribution is -2.46. The second-order valence-electron chi connectivity index (χ2n) is 9.05. The Kier molecular flexibility index (Phi) is 6.61. The Morgan fingerprint density at radius 3 is 2.53 bits per heavy atom. The summed E-state index contributed by atoms with van der Waals surface area (Å²) in [5.41, 5.74) is 6.80. The fraction of sp³-hybridized carbons (Fsp3) is 0.207. The SMILES string of the molecule is CC1=C(c2nc(-c3cccc(Cl)c3)no2)C(c2ccc(C)c(C)c2)NC(=O)N1CCc1ccccc1. The molecule has 0 bridgehead atoms. The Morgan fingerprint density at radius 2 is 1.78 bits per heavy atom. The van der Waals surface area contributed by atoms with Crippen LogP contribution in [0.25, 0.3) is 17.0 Å². The average Bonchev–Trinajstić information content (AvgIpc) is 3.36. The third-order valence-electron chi connectivity index (χ3n) is 6.67. The highest BCUT2D eigenvalue weighted by Crippen LogP contribution is 2.38. The van der Waals surface area contributed by atoms with Crippen molar-refractivity contribution in [2.75, 3.05) is 6.54 Å². The first-order valence-electron chi connectivity index (χ1n) is 11.9. The van der Waals surface area contributed by atoms with Crippen molar-refractivity contribution in [1.29, 1.82) is 0 Å². The molecule has 1 unspecified atom stereocenters. The van der Waals surface area contributed by atoms with Crippen LogP contribution in [0.3, 0.4) is 0 Å². The predicted molar refractivity (Wildman–Crippen MR) is 141 cm³/mol. The van der Waals surface area contributed by atoms with Gasteiger partial charge in [-0.2, -0.15) is 4.98 Å². The molecule has 0 radical (unpaired) electrons. The Bertz CT molecular complexity index is 1440. The van der Waals surface area contributed by atoms with Crippen LogP contribution in [0.1, 0.15) is 41.1 Å². The lowest BCUT2D eigenvalue weighted by atomic mass is 9.92. The van der Waals surface area contributed by atoms with Gasteiger partial charge < -0.3 is 9.84 Å². The molecule has 0 spiro atoms. The lowest BCUT2D eigenvalue weighted by molar-refractivity contribution is 0.205. The van der Waals surface area contributed by atoms with Crippen molar-refractivity contribution in [3.8, 4) is 11.4 Å². The van der Waals surface area contributed by atoms with E-state index in [1.165, 1.54) is 5.56 Å². The summed E-state index contributed by atoms with van der Waals surface area (Å²) in [7, 11) is 0. The minimum Gasteiger partial charge on any atom is -0.334 e. The van der Waals surface area contributed by atoms with Gasteiger partial charge in [-0.3, -0.25) is 4.90 Å². The third-order valence-corrected chi connectivity index (χ3v) is 6.90. The molecule has 182 valence electrons. The standard InChI is InChI=1S/C29H27ClN4O2/c1-18-12-13-22(16-19(18)2)26-25(28-32-27(33-36-28)23-10-7-11-24(30)17-23)20(3)34(29(35)31-26)15-14-21-8-5-4-6-9-21/h4-13,16-17,26H,14-15H2,1-3H3,(H,31,35). The number of hydrogen-bond donors (Lipinski definition) is 1. The monoisotopic (exact) mass is 498 g/mol. The van der Waals surface area contributed by atoms with E-state index in [-0.39, 0.29) is 6.03 Å². The highest BCUT2D eigenvalue weighted by atomic mass is 35.5. The van der Waals surface area contributed by atoms with Crippen molar-refractivity contribution < 1.29 is 9.32 Å². The van der Waals surface area contributed by atoms with Gasteiger partial charge in [0.2, 0.25) is 5.82 Å². The molecular weight excluding hydrogens is 472 g/mol. The van der Waals surface area contributed by atoms with E-state index >= 15 is 0 Å². The number of hydrogen-bond acceptors (Lipinski definition) is 4. The van der Waals surface area contributed by atoms with Gasteiger partial charge in [0, 0.05) is 22.8 Å². The first-order chi connectivity index (χ1) is 17.4. The van der Waals surface area contributed by atoms with Gasteiger partial charge in [-0.15, -0.1) is 0 Å². The zero-order valence-corrected chi connectivity index (χ0v) is 21.2. The molecule has 2 amide bonds. The summed E-state index contributed by atoms with van der Waals surface area (Å²) in [5.74, 6) is 0.815. The Balaban J connectivity index is 1.56. The normalized spacial score (nSPS) is 15.8. The minimum absolute atomic E-state index is 0.148. The molecule has 4 aromatic rings. The predicted octanol–water partition coefficient (Wildman–Crippen LogP) is 6.75. The van der Waals surface area contributed by atoms with E-state index in [0.29, 0.717) is 23.3 Å². The van der Waals surface area contributed by atoms with E-state index < -0.39 is 6.04 Å². The quantitative estimate of drug-likeness (QED) is 0.319. The summed E-state index contributed by atoms with van der Waals surface area (Å²) in [6, 6.07) is 23.1. The fourth-order valence-electron chi connectivity index (χ4n) is 4.49. The van der Waals surface area contributed by atoms with Gasteiger partial charge in [-0.1, -0.05) is 77.4 Å². The number of nitrogens with zero attached hydrogens (tertiary/aromatic N) is 3. The highest BCUT2D eigenvalue weighted by molar-refractivity contribution is 6.30. The molecule has 7 heteroatoms. The average molecular weight is 499 g/mol. The van der Waals surface area contributed by atoms with Crippen LogP contribution in [0, 0.1) is 13.8 Å². The summed E-state index contributed by atoms with van der Waals surface area (Å²) in [6.07, 6.45) is 0.727. The minimum atomic E-state index is -0.419. The van der Waals surface area contributed by atoms with Crippen LogP contribution in [0.4, 0.5) is 4.79 Å². The Labute approximate surface area is 215 Å². The van der Waals surface area contributed by atoms with Gasteiger partial charge in [0.05, 0.1) is 11.6 Å². The van der Waals surface area contributed by atoms with Crippen LogP contribution in [0.2, 0.25) is 5.02 Å². The fourth-order valence-corrected chi connectivity index (χ4v) is 4.68. The maximum Gasteiger partial charge on any atom is 0.322 e. The largest absolute Gasteiger partial charge is 0.334 e. The lowest BCUT2D eigenvalue weighted by Gasteiger charge is -2.35. The summed E-state index contributed by atoms with van der Waals surface area (Å²) in [6.45, 7) is 6.60. The summed E-state index contributed by atoms with van der Waals surface area (Å²) in [5, 5.41) is 8.00. The number of aromatic nitrogens is 2. The number of urea groups is 1. The molecule has 36 heavy (non-hydrogen) atoms. The van der Waals surface area contributed by atoms with Gasteiger partial charge in [-0.05, 0) is 61.6 Å². The van der Waals surface area contributed by atoms with Gasteiger partial charge >= 0.3 is 6.03 Å². The van der Waals surface area contributed by atoms with Crippen molar-refractivity contribution in [2.24, 2.45) is 0 Å². The van der Waals surface area contributed by atoms with Crippen LogP contribution < -0.4 is 5.32 Å². The van der Waals surface area contributed by atoms with Crippen LogP contribution in [-0.2, 0) is 6.42 Å². The number of carbonyl (C=O) groups is 1. The summed E-state index contributed by atoms with van der Waals surface area (Å²) < 4.78 is 5.78. The molecular formula is C29H27ClN4O2. The van der Waals surface area contributed by atoms with Crippen LogP contribution in [0.5, 0.6) is 0 Å². The Hall–Kier alpha value is -3.90. The maximum absolute atomic E-state index is 13.3. The maximum atomic E-state index is 13.3. The number of allylic oxidation sites excluding steroid dienone is 1. The van der Waals surface area contributed by atoms with Gasteiger partial charge in [0.15, 0.2) is 0 Å². The topological polar surface area (TPSA) is 71.3 Å². The molecule has 0 aliphatic carbocycles. The van der Waals surface area contributed by atoms with E-state index in [2.05, 4.69) is 48.6 Å². The number of rotatable bonds is 6. The van der Waals surface area contributed by atoms with Crippen molar-refractivity contribution >= 4 is 23.2 Å². The van der Waals surface area contributed by atoms with E-state index in [9.17, 15) is 4.79 Å². The first kappa shape index (κ1) is 23.8.